The van der Waals surface area contributed by atoms with E-state index in [-0.39, 0.29) is 6.04 Å². The van der Waals surface area contributed by atoms with Crippen molar-refractivity contribution in [2.75, 3.05) is 6.54 Å². The van der Waals surface area contributed by atoms with Gasteiger partial charge in [0.05, 0.1) is 0 Å². The largest absolute Gasteiger partial charge is 0.444 e. The third-order valence-electron chi connectivity index (χ3n) is 2.90. The molecule has 4 nitrogen and oxygen atoms in total. The van der Waals surface area contributed by atoms with E-state index < -0.39 is 23.3 Å². The number of hydrogen-bond acceptors (Lipinski definition) is 3. The monoisotopic (exact) mass is 314 g/mol. The van der Waals surface area contributed by atoms with Gasteiger partial charge in [-0.15, -0.1) is 0 Å². The maximum atomic E-state index is 13.1. The van der Waals surface area contributed by atoms with E-state index in [9.17, 15) is 13.6 Å². The van der Waals surface area contributed by atoms with Crippen LogP contribution in [0.5, 0.6) is 0 Å². The fourth-order valence-electron chi connectivity index (χ4n) is 1.86. The molecule has 0 aliphatic heterocycles. The van der Waals surface area contributed by atoms with E-state index in [0.717, 1.165) is 12.5 Å². The molecule has 0 aromatic heterocycles. The Morgan fingerprint density at radius 2 is 1.82 bits per heavy atom. The molecule has 1 rings (SSSR count). The van der Waals surface area contributed by atoms with Crippen molar-refractivity contribution in [3.63, 3.8) is 0 Å². The molecule has 0 aliphatic carbocycles. The van der Waals surface area contributed by atoms with Gasteiger partial charge in [-0.25, -0.2) is 13.6 Å². The summed E-state index contributed by atoms with van der Waals surface area (Å²) < 4.78 is 31.4. The van der Waals surface area contributed by atoms with E-state index in [2.05, 4.69) is 10.6 Å². The molecule has 0 bridgehead atoms. The second-order valence-corrected chi connectivity index (χ2v) is 6.15. The van der Waals surface area contributed by atoms with Gasteiger partial charge in [0, 0.05) is 25.2 Å². The summed E-state index contributed by atoms with van der Waals surface area (Å²) in [6, 6.07) is 3.39. The summed E-state index contributed by atoms with van der Waals surface area (Å²) in [6.07, 6.45) is 0.276. The van der Waals surface area contributed by atoms with E-state index in [1.807, 2.05) is 6.92 Å². The Balaban J connectivity index is 2.43. The van der Waals surface area contributed by atoms with Gasteiger partial charge in [0.15, 0.2) is 0 Å². The number of halogens is 2. The van der Waals surface area contributed by atoms with Crippen LogP contribution in [-0.4, -0.2) is 24.3 Å². The van der Waals surface area contributed by atoms with E-state index in [0.29, 0.717) is 18.7 Å². The Labute approximate surface area is 130 Å². The minimum atomic E-state index is -0.600. The van der Waals surface area contributed by atoms with E-state index in [1.54, 1.807) is 20.8 Å². The van der Waals surface area contributed by atoms with Crippen LogP contribution >= 0.6 is 0 Å². The number of carbonyl (C=O) groups is 1. The maximum Gasteiger partial charge on any atom is 0.407 e. The first-order valence-corrected chi connectivity index (χ1v) is 7.35. The van der Waals surface area contributed by atoms with Gasteiger partial charge < -0.3 is 15.4 Å². The molecule has 0 heterocycles. The molecule has 6 heteroatoms. The number of rotatable bonds is 6. The van der Waals surface area contributed by atoms with Gasteiger partial charge in [-0.3, -0.25) is 0 Å². The van der Waals surface area contributed by atoms with Gasteiger partial charge in [0.25, 0.3) is 0 Å². The Morgan fingerprint density at radius 3 is 2.32 bits per heavy atom. The van der Waals surface area contributed by atoms with Gasteiger partial charge in [0.1, 0.15) is 17.2 Å². The Kier molecular flexibility index (Phi) is 6.74. The van der Waals surface area contributed by atoms with E-state index >= 15 is 0 Å². The minimum Gasteiger partial charge on any atom is -0.444 e. The molecule has 0 fully saturated rings. The molecule has 1 amide bonds. The van der Waals surface area contributed by atoms with Crippen molar-refractivity contribution in [2.45, 2.75) is 52.3 Å². The van der Waals surface area contributed by atoms with Crippen LogP contribution in [0.15, 0.2) is 18.2 Å². The van der Waals surface area contributed by atoms with Crippen molar-refractivity contribution in [3.05, 3.63) is 35.4 Å². The summed E-state index contributed by atoms with van der Waals surface area (Å²) in [5, 5.41) is 5.83. The molecule has 0 radical (unpaired) electrons. The zero-order chi connectivity index (χ0) is 16.8. The lowest BCUT2D eigenvalue weighted by Crippen LogP contribution is -2.42. The third-order valence-corrected chi connectivity index (χ3v) is 2.90. The molecular formula is C16H24F2N2O2. The second-order valence-electron chi connectivity index (χ2n) is 6.15. The van der Waals surface area contributed by atoms with Gasteiger partial charge in [-0.05, 0) is 44.9 Å². The maximum absolute atomic E-state index is 13.1. The highest BCUT2D eigenvalue weighted by atomic mass is 19.1. The molecule has 1 aromatic carbocycles. The van der Waals surface area contributed by atoms with Crippen molar-refractivity contribution < 1.29 is 18.3 Å². The zero-order valence-electron chi connectivity index (χ0n) is 13.5. The van der Waals surface area contributed by atoms with Crippen LogP contribution in [0.2, 0.25) is 0 Å². The van der Waals surface area contributed by atoms with Crippen LogP contribution in [0, 0.1) is 11.6 Å². The molecule has 0 spiro atoms. The highest BCUT2D eigenvalue weighted by Gasteiger charge is 2.17. The average molecular weight is 314 g/mol. The molecule has 1 unspecified atom stereocenters. The molecule has 124 valence electrons. The first kappa shape index (κ1) is 18.4. The fourth-order valence-corrected chi connectivity index (χ4v) is 1.86. The van der Waals surface area contributed by atoms with Crippen molar-refractivity contribution in [1.29, 1.82) is 0 Å². The van der Waals surface area contributed by atoms with E-state index in [1.165, 1.54) is 12.1 Å². The quantitative estimate of drug-likeness (QED) is 0.846. The summed E-state index contributed by atoms with van der Waals surface area (Å²) in [4.78, 5) is 11.6. The Morgan fingerprint density at radius 1 is 1.23 bits per heavy atom. The van der Waals surface area contributed by atoms with Crippen molar-refractivity contribution in [3.8, 4) is 0 Å². The lowest BCUT2D eigenvalue weighted by Gasteiger charge is -2.22. The molecule has 2 N–H and O–H groups in total. The molecular weight excluding hydrogens is 290 g/mol. The smallest absolute Gasteiger partial charge is 0.407 e. The number of alkyl carbamates (subject to hydrolysis) is 1. The van der Waals surface area contributed by atoms with Crippen LogP contribution < -0.4 is 10.6 Å². The van der Waals surface area contributed by atoms with Crippen LogP contribution in [0.25, 0.3) is 0 Å². The number of carbonyl (C=O) groups excluding carboxylic acids is 1. The van der Waals surface area contributed by atoms with Gasteiger partial charge in [-0.2, -0.15) is 0 Å². The van der Waals surface area contributed by atoms with Crippen LogP contribution in [0.1, 0.15) is 39.7 Å². The number of ether oxygens (including phenoxy) is 1. The van der Waals surface area contributed by atoms with Crippen molar-refractivity contribution in [2.24, 2.45) is 0 Å². The van der Waals surface area contributed by atoms with Crippen molar-refractivity contribution >= 4 is 6.09 Å². The highest BCUT2D eigenvalue weighted by Crippen LogP contribution is 2.09. The normalized spacial score (nSPS) is 12.8. The SMILES string of the molecule is CCC(CNC(=O)OC(C)(C)C)NCc1cc(F)cc(F)c1. The fraction of sp³-hybridized carbons (Fsp3) is 0.562. The molecule has 1 atom stereocenters. The second kappa shape index (κ2) is 8.08. The number of hydrogen-bond donors (Lipinski definition) is 2. The number of nitrogens with one attached hydrogen (secondary N) is 2. The number of benzene rings is 1. The molecule has 0 aliphatic rings. The lowest BCUT2D eigenvalue weighted by atomic mass is 10.1. The van der Waals surface area contributed by atoms with Crippen LogP contribution in [-0.2, 0) is 11.3 Å². The van der Waals surface area contributed by atoms with Gasteiger partial charge >= 0.3 is 6.09 Å². The Bertz CT molecular complexity index is 481. The highest BCUT2D eigenvalue weighted by molar-refractivity contribution is 5.67. The average Bonchev–Trinajstić information content (AvgIpc) is 2.35. The number of amides is 1. The predicted octanol–water partition coefficient (Wildman–Crippen LogP) is 3.36. The summed E-state index contributed by atoms with van der Waals surface area (Å²) in [5.41, 5.74) is -0.0218. The molecule has 0 saturated heterocycles. The molecule has 1 aromatic rings. The Hall–Kier alpha value is -1.69. The predicted molar refractivity (Wildman–Crippen MR) is 81.5 cm³/mol. The summed E-state index contributed by atoms with van der Waals surface area (Å²) in [7, 11) is 0. The van der Waals surface area contributed by atoms with Gasteiger partial charge in [0.2, 0.25) is 0 Å². The van der Waals surface area contributed by atoms with Gasteiger partial charge in [-0.1, -0.05) is 6.92 Å². The summed E-state index contributed by atoms with van der Waals surface area (Å²) in [5.74, 6) is -1.20. The van der Waals surface area contributed by atoms with E-state index in [4.69, 9.17) is 4.74 Å². The molecule has 0 saturated carbocycles. The van der Waals surface area contributed by atoms with Crippen molar-refractivity contribution in [1.82, 2.24) is 10.6 Å². The van der Waals surface area contributed by atoms with Crippen LogP contribution in [0.4, 0.5) is 13.6 Å². The first-order chi connectivity index (χ1) is 10.2. The zero-order valence-corrected chi connectivity index (χ0v) is 13.5. The summed E-state index contributed by atoms with van der Waals surface area (Å²) in [6.45, 7) is 8.04. The lowest BCUT2D eigenvalue weighted by molar-refractivity contribution is 0.0522. The first-order valence-electron chi connectivity index (χ1n) is 7.35. The van der Waals surface area contributed by atoms with Crippen LogP contribution in [0.3, 0.4) is 0 Å². The summed E-state index contributed by atoms with van der Waals surface area (Å²) >= 11 is 0. The standard InChI is InChI=1S/C16H24F2N2O2/c1-5-14(10-20-15(21)22-16(2,3)4)19-9-11-6-12(17)8-13(18)7-11/h6-8,14,19H,5,9-10H2,1-4H3,(H,20,21). The topological polar surface area (TPSA) is 50.4 Å². The molecule has 22 heavy (non-hydrogen) atoms. The minimum absolute atomic E-state index is 0.0150. The third kappa shape index (κ3) is 7.36.